The summed E-state index contributed by atoms with van der Waals surface area (Å²) in [4.78, 5) is 34.1. The van der Waals surface area contributed by atoms with E-state index in [9.17, 15) is 19.5 Å². The second-order valence-corrected chi connectivity index (χ2v) is 6.28. The third-order valence-corrected chi connectivity index (χ3v) is 3.95. The van der Waals surface area contributed by atoms with Gasteiger partial charge in [0, 0.05) is 20.8 Å². The highest BCUT2D eigenvalue weighted by Gasteiger charge is 2.51. The number of aliphatic hydroxyl groups excluding tert-OH is 1. The molecular weight excluding hydrogens is 372 g/mol. The summed E-state index contributed by atoms with van der Waals surface area (Å²) < 4.78 is 26.6. The van der Waals surface area contributed by atoms with Crippen LogP contribution in [-0.4, -0.2) is 60.3 Å². The number of carbonyl (C=O) groups is 3. The third kappa shape index (κ3) is 6.29. The number of hydrogen-bond donors (Lipinski definition) is 1. The van der Waals surface area contributed by atoms with Crippen LogP contribution in [0.5, 0.6) is 0 Å². The average molecular weight is 396 g/mol. The first kappa shape index (κ1) is 21.8. The quantitative estimate of drug-likeness (QED) is 0.501. The molecule has 0 saturated carbocycles. The van der Waals surface area contributed by atoms with Gasteiger partial charge < -0.3 is 28.8 Å². The summed E-state index contributed by atoms with van der Waals surface area (Å²) in [6.45, 7) is 3.42. The minimum atomic E-state index is -1.50. The maximum atomic E-state index is 11.5. The van der Waals surface area contributed by atoms with Gasteiger partial charge in [0.05, 0.1) is 6.61 Å². The van der Waals surface area contributed by atoms with E-state index in [2.05, 4.69) is 0 Å². The van der Waals surface area contributed by atoms with Crippen molar-refractivity contribution >= 4 is 17.9 Å². The molecular formula is C19H24O9. The molecule has 1 aromatic carbocycles. The van der Waals surface area contributed by atoms with Crippen LogP contribution in [0, 0.1) is 0 Å². The predicted molar refractivity (Wildman–Crippen MR) is 93.6 cm³/mol. The Labute approximate surface area is 162 Å². The molecule has 0 aromatic heterocycles. The lowest BCUT2D eigenvalue weighted by molar-refractivity contribution is -0.184. The highest BCUT2D eigenvalue weighted by molar-refractivity contribution is 5.67. The van der Waals surface area contributed by atoms with Crippen LogP contribution in [0.4, 0.5) is 0 Å². The fourth-order valence-corrected chi connectivity index (χ4v) is 2.85. The molecule has 0 spiro atoms. The molecule has 1 N–H and O–H groups in total. The van der Waals surface area contributed by atoms with Crippen LogP contribution in [-0.2, 0) is 44.7 Å². The molecule has 0 aliphatic carbocycles. The van der Waals surface area contributed by atoms with Gasteiger partial charge in [-0.2, -0.15) is 0 Å². The fraction of sp³-hybridized carbons (Fsp3) is 0.526. The smallest absolute Gasteiger partial charge is 0.303 e. The van der Waals surface area contributed by atoms with E-state index >= 15 is 0 Å². The molecule has 5 atom stereocenters. The Morgan fingerprint density at radius 3 is 2.29 bits per heavy atom. The number of carbonyl (C=O) groups excluding carboxylic acids is 3. The summed E-state index contributed by atoms with van der Waals surface area (Å²) in [6.07, 6.45) is -5.67. The predicted octanol–water partition coefficient (Wildman–Crippen LogP) is 0.716. The maximum Gasteiger partial charge on any atom is 0.303 e. The van der Waals surface area contributed by atoms with Crippen molar-refractivity contribution in [2.24, 2.45) is 0 Å². The van der Waals surface area contributed by atoms with Gasteiger partial charge in [-0.3, -0.25) is 14.4 Å². The molecule has 9 heteroatoms. The van der Waals surface area contributed by atoms with Gasteiger partial charge in [-0.15, -0.1) is 0 Å². The van der Waals surface area contributed by atoms with Crippen LogP contribution in [0.1, 0.15) is 26.3 Å². The minimum Gasteiger partial charge on any atom is -0.462 e. The number of benzene rings is 1. The molecule has 0 amide bonds. The van der Waals surface area contributed by atoms with E-state index in [0.29, 0.717) is 0 Å². The van der Waals surface area contributed by atoms with Crippen molar-refractivity contribution < 1.29 is 43.2 Å². The van der Waals surface area contributed by atoms with Gasteiger partial charge in [0.1, 0.15) is 18.8 Å². The summed E-state index contributed by atoms with van der Waals surface area (Å²) in [5.74, 6) is -1.84. The van der Waals surface area contributed by atoms with Crippen LogP contribution in [0.2, 0.25) is 0 Å². The SMILES string of the molecule is CC(=O)OC[C@@H](OC(C)=O)[C@@H]1OC(O)[C@H](OC(C)=O)[C@H]1OCc1ccccc1. The third-order valence-electron chi connectivity index (χ3n) is 3.95. The Morgan fingerprint density at radius 1 is 1.04 bits per heavy atom. The van der Waals surface area contributed by atoms with E-state index in [1.54, 1.807) is 0 Å². The molecule has 9 nitrogen and oxygen atoms in total. The van der Waals surface area contributed by atoms with Gasteiger partial charge in [0.2, 0.25) is 0 Å². The van der Waals surface area contributed by atoms with E-state index in [0.717, 1.165) is 5.56 Å². The maximum absolute atomic E-state index is 11.5. The molecule has 2 rings (SSSR count). The monoisotopic (exact) mass is 396 g/mol. The van der Waals surface area contributed by atoms with Gasteiger partial charge in [-0.05, 0) is 5.56 Å². The number of ether oxygens (including phenoxy) is 5. The van der Waals surface area contributed by atoms with E-state index in [-0.39, 0.29) is 13.2 Å². The van der Waals surface area contributed by atoms with Crippen molar-refractivity contribution in [1.82, 2.24) is 0 Å². The van der Waals surface area contributed by atoms with Crippen molar-refractivity contribution in [2.75, 3.05) is 6.61 Å². The normalized spacial score (nSPS) is 25.0. The highest BCUT2D eigenvalue weighted by Crippen LogP contribution is 2.30. The topological polar surface area (TPSA) is 118 Å². The summed E-state index contributed by atoms with van der Waals surface area (Å²) in [7, 11) is 0. The number of rotatable bonds is 8. The lowest BCUT2D eigenvalue weighted by atomic mass is 10.1. The van der Waals surface area contributed by atoms with Gasteiger partial charge in [-0.25, -0.2) is 0 Å². The largest absolute Gasteiger partial charge is 0.462 e. The molecule has 1 aliphatic heterocycles. The Morgan fingerprint density at radius 2 is 1.71 bits per heavy atom. The molecule has 1 saturated heterocycles. The molecule has 0 bridgehead atoms. The Balaban J connectivity index is 2.21. The summed E-state index contributed by atoms with van der Waals surface area (Å²) in [5.41, 5.74) is 0.841. The number of esters is 3. The van der Waals surface area contributed by atoms with Crippen LogP contribution in [0.15, 0.2) is 30.3 Å². The van der Waals surface area contributed by atoms with E-state index < -0.39 is 48.6 Å². The van der Waals surface area contributed by atoms with Crippen LogP contribution in [0.25, 0.3) is 0 Å². The van der Waals surface area contributed by atoms with E-state index in [1.807, 2.05) is 30.3 Å². The lowest BCUT2D eigenvalue weighted by Gasteiger charge is -2.28. The summed E-state index contributed by atoms with van der Waals surface area (Å²) >= 11 is 0. The molecule has 1 aromatic rings. The van der Waals surface area contributed by atoms with Crippen LogP contribution < -0.4 is 0 Å². The molecule has 1 heterocycles. The Hall–Kier alpha value is -2.49. The first-order valence-corrected chi connectivity index (χ1v) is 8.74. The van der Waals surface area contributed by atoms with Crippen LogP contribution >= 0.6 is 0 Å². The highest BCUT2D eigenvalue weighted by atomic mass is 16.7. The van der Waals surface area contributed by atoms with Crippen molar-refractivity contribution in [3.8, 4) is 0 Å². The average Bonchev–Trinajstić information content (AvgIpc) is 2.92. The zero-order valence-electron chi connectivity index (χ0n) is 15.9. The van der Waals surface area contributed by atoms with E-state index in [4.69, 9.17) is 23.7 Å². The summed E-state index contributed by atoms with van der Waals surface area (Å²) in [6, 6.07) is 9.20. The molecule has 1 fully saturated rings. The fourth-order valence-electron chi connectivity index (χ4n) is 2.85. The standard InChI is InChI=1S/C19H24O9/c1-11(20)24-10-15(26-12(2)21)16-17(18(19(23)28-16)27-13(3)22)25-9-14-7-5-4-6-8-14/h4-8,15-19,23H,9-10H2,1-3H3/t15-,16+,17+,18-,19?/m1/s1. The summed E-state index contributed by atoms with van der Waals surface area (Å²) in [5, 5.41) is 10.2. The molecule has 28 heavy (non-hydrogen) atoms. The Kier molecular flexibility index (Phi) is 7.91. The van der Waals surface area contributed by atoms with Crippen molar-refractivity contribution in [3.05, 3.63) is 35.9 Å². The van der Waals surface area contributed by atoms with Crippen molar-refractivity contribution in [1.29, 1.82) is 0 Å². The van der Waals surface area contributed by atoms with Gasteiger partial charge in [0.15, 0.2) is 18.5 Å². The Bertz CT molecular complexity index is 675. The second-order valence-electron chi connectivity index (χ2n) is 6.28. The zero-order valence-corrected chi connectivity index (χ0v) is 15.9. The first-order valence-electron chi connectivity index (χ1n) is 8.74. The molecule has 0 radical (unpaired) electrons. The van der Waals surface area contributed by atoms with Gasteiger partial charge in [-0.1, -0.05) is 30.3 Å². The van der Waals surface area contributed by atoms with Crippen molar-refractivity contribution in [3.63, 3.8) is 0 Å². The number of hydrogen-bond acceptors (Lipinski definition) is 9. The molecule has 1 aliphatic rings. The van der Waals surface area contributed by atoms with Crippen LogP contribution in [0.3, 0.4) is 0 Å². The first-order chi connectivity index (χ1) is 13.3. The van der Waals surface area contributed by atoms with E-state index in [1.165, 1.54) is 20.8 Å². The molecule has 1 unspecified atom stereocenters. The minimum absolute atomic E-state index is 0.135. The van der Waals surface area contributed by atoms with Gasteiger partial charge in [0.25, 0.3) is 0 Å². The second kappa shape index (κ2) is 10.2. The molecule has 154 valence electrons. The number of aliphatic hydroxyl groups is 1. The lowest BCUT2D eigenvalue weighted by Crippen LogP contribution is -2.46. The van der Waals surface area contributed by atoms with Crippen molar-refractivity contribution in [2.45, 2.75) is 58.1 Å². The van der Waals surface area contributed by atoms with Gasteiger partial charge >= 0.3 is 17.9 Å². The zero-order chi connectivity index (χ0) is 20.7.